The second-order valence-electron chi connectivity index (χ2n) is 6.95. The van der Waals surface area contributed by atoms with E-state index in [1.807, 2.05) is 29.2 Å². The van der Waals surface area contributed by atoms with Gasteiger partial charge in [-0.05, 0) is 69.4 Å². The van der Waals surface area contributed by atoms with Crippen molar-refractivity contribution >= 4 is 5.91 Å². The summed E-state index contributed by atoms with van der Waals surface area (Å²) in [7, 11) is 3.85. The van der Waals surface area contributed by atoms with E-state index in [0.29, 0.717) is 18.9 Å². The number of rotatable bonds is 8. The average molecular weight is 332 g/mol. The maximum absolute atomic E-state index is 12.7. The standard InChI is InChI=1S/C20H32N2O2/c1-4-13-22(16-18-5-8-19(24-3)9-6-18)20(23)10-7-17-11-14-21(2)15-12-17/h5-6,8-9,17H,4,7,10-16H2,1-3H3. The van der Waals surface area contributed by atoms with Crippen LogP contribution in [0.2, 0.25) is 0 Å². The fourth-order valence-corrected chi connectivity index (χ4v) is 3.35. The zero-order chi connectivity index (χ0) is 17.4. The highest BCUT2D eigenvalue weighted by atomic mass is 16.5. The van der Waals surface area contributed by atoms with Gasteiger partial charge in [-0.2, -0.15) is 0 Å². The Kier molecular flexibility index (Phi) is 7.57. The lowest BCUT2D eigenvalue weighted by Gasteiger charge is -2.29. The number of hydrogen-bond acceptors (Lipinski definition) is 3. The molecule has 0 atom stereocenters. The van der Waals surface area contributed by atoms with E-state index in [4.69, 9.17) is 4.74 Å². The number of benzene rings is 1. The summed E-state index contributed by atoms with van der Waals surface area (Å²) in [6, 6.07) is 8.02. The number of nitrogens with zero attached hydrogens (tertiary/aromatic N) is 2. The molecule has 1 fully saturated rings. The fraction of sp³-hybridized carbons (Fsp3) is 0.650. The minimum Gasteiger partial charge on any atom is -0.497 e. The molecule has 0 unspecified atom stereocenters. The van der Waals surface area contributed by atoms with Gasteiger partial charge in [0, 0.05) is 19.5 Å². The van der Waals surface area contributed by atoms with Gasteiger partial charge in [0.2, 0.25) is 5.91 Å². The molecule has 1 aromatic rings. The first-order valence-electron chi connectivity index (χ1n) is 9.21. The minimum absolute atomic E-state index is 0.298. The molecule has 4 heteroatoms. The van der Waals surface area contributed by atoms with Crippen molar-refractivity contribution in [2.45, 2.75) is 45.6 Å². The van der Waals surface area contributed by atoms with Gasteiger partial charge in [-0.3, -0.25) is 4.79 Å². The molecule has 24 heavy (non-hydrogen) atoms. The molecule has 1 amide bonds. The molecule has 0 saturated carbocycles. The minimum atomic E-state index is 0.298. The summed E-state index contributed by atoms with van der Waals surface area (Å²) in [4.78, 5) is 17.0. The summed E-state index contributed by atoms with van der Waals surface area (Å²) in [5, 5.41) is 0. The third-order valence-corrected chi connectivity index (χ3v) is 4.98. The zero-order valence-corrected chi connectivity index (χ0v) is 15.5. The van der Waals surface area contributed by atoms with Crippen LogP contribution in [0.15, 0.2) is 24.3 Å². The number of carbonyl (C=O) groups is 1. The summed E-state index contributed by atoms with van der Waals surface area (Å²) in [5.74, 6) is 1.87. The Balaban J connectivity index is 1.84. The summed E-state index contributed by atoms with van der Waals surface area (Å²) in [5.41, 5.74) is 1.16. The second-order valence-corrected chi connectivity index (χ2v) is 6.95. The van der Waals surface area contributed by atoms with Crippen LogP contribution in [-0.2, 0) is 11.3 Å². The molecule has 2 rings (SSSR count). The van der Waals surface area contributed by atoms with Crippen molar-refractivity contribution in [3.05, 3.63) is 29.8 Å². The monoisotopic (exact) mass is 332 g/mol. The first-order valence-corrected chi connectivity index (χ1v) is 9.21. The highest BCUT2D eigenvalue weighted by Crippen LogP contribution is 2.22. The molecule has 1 aromatic carbocycles. The van der Waals surface area contributed by atoms with Crippen molar-refractivity contribution in [1.82, 2.24) is 9.80 Å². The van der Waals surface area contributed by atoms with E-state index in [1.165, 1.54) is 25.9 Å². The van der Waals surface area contributed by atoms with Gasteiger partial charge in [-0.1, -0.05) is 19.1 Å². The van der Waals surface area contributed by atoms with E-state index < -0.39 is 0 Å². The molecule has 0 aromatic heterocycles. The fourth-order valence-electron chi connectivity index (χ4n) is 3.35. The van der Waals surface area contributed by atoms with Gasteiger partial charge in [0.15, 0.2) is 0 Å². The van der Waals surface area contributed by atoms with Gasteiger partial charge in [0.1, 0.15) is 5.75 Å². The van der Waals surface area contributed by atoms with Crippen LogP contribution < -0.4 is 4.74 Å². The quantitative estimate of drug-likeness (QED) is 0.730. The van der Waals surface area contributed by atoms with Crippen LogP contribution in [0.25, 0.3) is 0 Å². The van der Waals surface area contributed by atoms with E-state index in [9.17, 15) is 4.79 Å². The third kappa shape index (κ3) is 5.82. The van der Waals surface area contributed by atoms with Gasteiger partial charge < -0.3 is 14.5 Å². The van der Waals surface area contributed by atoms with E-state index >= 15 is 0 Å². The number of methoxy groups -OCH3 is 1. The molecule has 0 N–H and O–H groups in total. The van der Waals surface area contributed by atoms with Gasteiger partial charge >= 0.3 is 0 Å². The number of ether oxygens (including phenoxy) is 1. The largest absolute Gasteiger partial charge is 0.497 e. The third-order valence-electron chi connectivity index (χ3n) is 4.98. The maximum Gasteiger partial charge on any atom is 0.222 e. The molecular weight excluding hydrogens is 300 g/mol. The van der Waals surface area contributed by atoms with Crippen molar-refractivity contribution in [2.24, 2.45) is 5.92 Å². The van der Waals surface area contributed by atoms with Crippen LogP contribution in [0.1, 0.15) is 44.6 Å². The Labute approximate surface area is 146 Å². The topological polar surface area (TPSA) is 32.8 Å². The normalized spacial score (nSPS) is 16.1. The maximum atomic E-state index is 12.7. The Morgan fingerprint density at radius 3 is 2.50 bits per heavy atom. The molecule has 0 spiro atoms. The molecule has 1 heterocycles. The van der Waals surface area contributed by atoms with Gasteiger partial charge in [-0.25, -0.2) is 0 Å². The van der Waals surface area contributed by atoms with E-state index in [0.717, 1.165) is 36.6 Å². The van der Waals surface area contributed by atoms with Crippen molar-refractivity contribution < 1.29 is 9.53 Å². The van der Waals surface area contributed by atoms with E-state index in [1.54, 1.807) is 7.11 Å². The van der Waals surface area contributed by atoms with Crippen molar-refractivity contribution in [1.29, 1.82) is 0 Å². The lowest BCUT2D eigenvalue weighted by molar-refractivity contribution is -0.132. The molecule has 0 radical (unpaired) electrons. The first kappa shape index (κ1) is 18.8. The summed E-state index contributed by atoms with van der Waals surface area (Å²) < 4.78 is 5.20. The molecule has 0 aliphatic carbocycles. The SMILES string of the molecule is CCCN(Cc1ccc(OC)cc1)C(=O)CCC1CCN(C)CC1. The summed E-state index contributed by atoms with van der Waals surface area (Å²) in [6.07, 6.45) is 5.18. The predicted octanol–water partition coefficient (Wildman–Crippen LogP) is 3.56. The zero-order valence-electron chi connectivity index (χ0n) is 15.5. The van der Waals surface area contributed by atoms with Gasteiger partial charge in [0.05, 0.1) is 7.11 Å². The Bertz CT molecular complexity index is 493. The smallest absolute Gasteiger partial charge is 0.222 e. The lowest BCUT2D eigenvalue weighted by Crippen LogP contribution is -2.33. The molecule has 134 valence electrons. The number of carbonyl (C=O) groups excluding carboxylic acids is 1. The summed E-state index contributed by atoms with van der Waals surface area (Å²) >= 11 is 0. The number of amides is 1. The van der Waals surface area contributed by atoms with Gasteiger partial charge in [0.25, 0.3) is 0 Å². The summed E-state index contributed by atoms with van der Waals surface area (Å²) in [6.45, 7) is 6.00. The van der Waals surface area contributed by atoms with Crippen molar-refractivity contribution in [3.8, 4) is 5.75 Å². The van der Waals surface area contributed by atoms with Gasteiger partial charge in [-0.15, -0.1) is 0 Å². The van der Waals surface area contributed by atoms with Crippen molar-refractivity contribution in [3.63, 3.8) is 0 Å². The molecule has 1 aliphatic rings. The highest BCUT2D eigenvalue weighted by molar-refractivity contribution is 5.76. The Morgan fingerprint density at radius 2 is 1.92 bits per heavy atom. The molecular formula is C20H32N2O2. The Morgan fingerprint density at radius 1 is 1.25 bits per heavy atom. The highest BCUT2D eigenvalue weighted by Gasteiger charge is 2.19. The predicted molar refractivity (Wildman–Crippen MR) is 98.2 cm³/mol. The molecule has 0 bridgehead atoms. The van der Waals surface area contributed by atoms with Crippen LogP contribution >= 0.6 is 0 Å². The van der Waals surface area contributed by atoms with Crippen LogP contribution in [0.4, 0.5) is 0 Å². The molecule has 1 aliphatic heterocycles. The average Bonchev–Trinajstić information content (AvgIpc) is 2.61. The van der Waals surface area contributed by atoms with E-state index in [-0.39, 0.29) is 0 Å². The number of likely N-dealkylation sites (tertiary alicyclic amines) is 1. The lowest BCUT2D eigenvalue weighted by atomic mass is 9.92. The second kappa shape index (κ2) is 9.67. The van der Waals surface area contributed by atoms with Crippen LogP contribution in [0.5, 0.6) is 5.75 Å². The number of piperidine rings is 1. The Hall–Kier alpha value is -1.55. The molecule has 1 saturated heterocycles. The van der Waals surface area contributed by atoms with Crippen molar-refractivity contribution in [2.75, 3.05) is 33.8 Å². The van der Waals surface area contributed by atoms with Crippen LogP contribution in [0.3, 0.4) is 0 Å². The van der Waals surface area contributed by atoms with Crippen LogP contribution in [-0.4, -0.2) is 49.5 Å². The van der Waals surface area contributed by atoms with Crippen LogP contribution in [0, 0.1) is 5.92 Å². The first-order chi connectivity index (χ1) is 11.6. The van der Waals surface area contributed by atoms with E-state index in [2.05, 4.69) is 18.9 Å². The molecule has 4 nitrogen and oxygen atoms in total. The number of hydrogen-bond donors (Lipinski definition) is 0.